The summed E-state index contributed by atoms with van der Waals surface area (Å²) < 4.78 is 30.1. The molecule has 0 unspecified atom stereocenters. The van der Waals surface area contributed by atoms with E-state index in [0.29, 0.717) is 41.3 Å². The van der Waals surface area contributed by atoms with Crippen LogP contribution in [0.3, 0.4) is 0 Å². The molecule has 31 heavy (non-hydrogen) atoms. The van der Waals surface area contributed by atoms with Gasteiger partial charge in [-0.15, -0.1) is 11.3 Å². The summed E-state index contributed by atoms with van der Waals surface area (Å²) in [5, 5.41) is 0. The van der Waals surface area contributed by atoms with Crippen LogP contribution in [0, 0.1) is 0 Å². The van der Waals surface area contributed by atoms with E-state index >= 15 is 0 Å². The fourth-order valence-corrected chi connectivity index (χ4v) is 6.86. The second kappa shape index (κ2) is 8.33. The number of aromatic nitrogens is 3. The third kappa shape index (κ3) is 3.99. The minimum atomic E-state index is -3.50. The van der Waals surface area contributed by atoms with Crippen molar-refractivity contribution in [3.05, 3.63) is 71.0 Å². The van der Waals surface area contributed by atoms with Crippen molar-refractivity contribution in [2.24, 2.45) is 0 Å². The lowest BCUT2D eigenvalue weighted by molar-refractivity contribution is 0.178. The van der Waals surface area contributed by atoms with Gasteiger partial charge in [0.1, 0.15) is 15.6 Å². The molecular formula is C21H20ClN5O2S2. The monoisotopic (exact) mass is 473 g/mol. The second-order valence-electron chi connectivity index (χ2n) is 7.28. The van der Waals surface area contributed by atoms with Crippen LogP contribution in [0.5, 0.6) is 0 Å². The molecular weight excluding hydrogens is 454 g/mol. The predicted molar refractivity (Wildman–Crippen MR) is 122 cm³/mol. The predicted octanol–water partition coefficient (Wildman–Crippen LogP) is 3.64. The topological polar surface area (TPSA) is 71.3 Å². The number of fused-ring (bicyclic) bond motifs is 1. The Morgan fingerprint density at radius 2 is 1.74 bits per heavy atom. The van der Waals surface area contributed by atoms with Gasteiger partial charge in [0, 0.05) is 38.1 Å². The van der Waals surface area contributed by atoms with E-state index in [4.69, 9.17) is 16.6 Å². The maximum absolute atomic E-state index is 12.9. The third-order valence-electron chi connectivity index (χ3n) is 5.34. The molecule has 0 radical (unpaired) electrons. The van der Waals surface area contributed by atoms with Crippen LogP contribution in [0.4, 0.5) is 0 Å². The van der Waals surface area contributed by atoms with E-state index in [1.807, 2.05) is 42.5 Å². The summed E-state index contributed by atoms with van der Waals surface area (Å²) in [6, 6.07) is 17.1. The van der Waals surface area contributed by atoms with Crippen LogP contribution >= 0.6 is 22.9 Å². The van der Waals surface area contributed by atoms with Gasteiger partial charge >= 0.3 is 0 Å². The zero-order valence-corrected chi connectivity index (χ0v) is 18.9. The molecule has 0 saturated carbocycles. The smallest absolute Gasteiger partial charge is 0.252 e. The molecule has 3 aromatic heterocycles. The quantitative estimate of drug-likeness (QED) is 0.442. The number of benzene rings is 1. The fourth-order valence-electron chi connectivity index (χ4n) is 3.81. The molecule has 4 aromatic rings. The van der Waals surface area contributed by atoms with Crippen molar-refractivity contribution in [1.29, 1.82) is 0 Å². The lowest BCUT2D eigenvalue weighted by Gasteiger charge is -2.33. The number of nitrogens with zero attached hydrogens (tertiary/aromatic N) is 5. The highest BCUT2D eigenvalue weighted by atomic mass is 35.5. The molecule has 0 spiro atoms. The molecule has 1 fully saturated rings. The van der Waals surface area contributed by atoms with Crippen LogP contribution in [0.25, 0.3) is 16.9 Å². The summed E-state index contributed by atoms with van der Waals surface area (Å²) in [6.07, 6.45) is 1.77. The largest absolute Gasteiger partial charge is 0.293 e. The van der Waals surface area contributed by atoms with Crippen LogP contribution in [0.15, 0.2) is 65.0 Å². The van der Waals surface area contributed by atoms with Gasteiger partial charge in [-0.05, 0) is 36.4 Å². The van der Waals surface area contributed by atoms with Crippen molar-refractivity contribution < 1.29 is 8.42 Å². The van der Waals surface area contributed by atoms with Gasteiger partial charge in [0.15, 0.2) is 5.65 Å². The lowest BCUT2D eigenvalue weighted by atomic mass is 10.3. The molecule has 0 amide bonds. The minimum absolute atomic E-state index is 0.294. The normalized spacial score (nSPS) is 16.2. The highest BCUT2D eigenvalue weighted by molar-refractivity contribution is 7.91. The van der Waals surface area contributed by atoms with Crippen LogP contribution in [-0.2, 0) is 16.6 Å². The van der Waals surface area contributed by atoms with Gasteiger partial charge in [-0.2, -0.15) is 4.31 Å². The van der Waals surface area contributed by atoms with E-state index in [2.05, 4.69) is 14.5 Å². The Morgan fingerprint density at radius 3 is 2.45 bits per heavy atom. The van der Waals surface area contributed by atoms with Gasteiger partial charge in [0.05, 0.1) is 10.9 Å². The van der Waals surface area contributed by atoms with E-state index in [1.165, 1.54) is 4.31 Å². The first-order chi connectivity index (χ1) is 15.0. The number of sulfonamides is 1. The van der Waals surface area contributed by atoms with Crippen LogP contribution in [0.1, 0.15) is 5.82 Å². The molecule has 0 aliphatic carbocycles. The van der Waals surface area contributed by atoms with E-state index in [9.17, 15) is 8.42 Å². The average Bonchev–Trinajstić information content (AvgIpc) is 3.38. The van der Waals surface area contributed by atoms with Gasteiger partial charge < -0.3 is 0 Å². The lowest BCUT2D eigenvalue weighted by Crippen LogP contribution is -2.48. The van der Waals surface area contributed by atoms with Gasteiger partial charge in [-0.25, -0.2) is 18.4 Å². The first kappa shape index (κ1) is 20.6. The zero-order valence-electron chi connectivity index (χ0n) is 16.6. The summed E-state index contributed by atoms with van der Waals surface area (Å²) in [7, 11) is -3.50. The minimum Gasteiger partial charge on any atom is -0.293 e. The van der Waals surface area contributed by atoms with Crippen molar-refractivity contribution in [2.75, 3.05) is 26.2 Å². The molecule has 5 rings (SSSR count). The van der Waals surface area contributed by atoms with Crippen molar-refractivity contribution in [3.8, 4) is 5.69 Å². The van der Waals surface area contributed by atoms with E-state index in [-0.39, 0.29) is 0 Å². The SMILES string of the molecule is O=S(=O)(c1ccc(Cl)s1)N1CCN(Cc2nc3cccnc3n2-c2ccccc2)CC1. The average molecular weight is 474 g/mol. The Hall–Kier alpha value is -2.30. The number of halogens is 1. The number of hydrogen-bond donors (Lipinski definition) is 0. The van der Waals surface area contributed by atoms with Gasteiger partial charge in [-0.3, -0.25) is 9.47 Å². The molecule has 1 aromatic carbocycles. The Morgan fingerprint density at radius 1 is 0.968 bits per heavy atom. The second-order valence-corrected chi connectivity index (χ2v) is 11.2. The maximum Gasteiger partial charge on any atom is 0.252 e. The molecule has 0 atom stereocenters. The summed E-state index contributed by atoms with van der Waals surface area (Å²) >= 11 is 7.03. The van der Waals surface area contributed by atoms with Gasteiger partial charge in [-0.1, -0.05) is 29.8 Å². The molecule has 0 N–H and O–H groups in total. The zero-order chi connectivity index (χ0) is 21.4. The standard InChI is InChI=1S/C21H20ClN5O2S2/c22-18-8-9-20(30-18)31(28,29)26-13-11-25(12-14-26)15-19-24-17-7-4-10-23-21(17)27(19)16-5-2-1-3-6-16/h1-10H,11-15H2. The molecule has 1 aliphatic rings. The first-order valence-corrected chi connectivity index (χ1v) is 12.5. The van der Waals surface area contributed by atoms with E-state index < -0.39 is 10.0 Å². The van der Waals surface area contributed by atoms with E-state index in [0.717, 1.165) is 34.0 Å². The van der Waals surface area contributed by atoms with Crippen molar-refractivity contribution in [2.45, 2.75) is 10.8 Å². The first-order valence-electron chi connectivity index (χ1n) is 9.88. The third-order valence-corrected chi connectivity index (χ3v) is 8.94. The van der Waals surface area contributed by atoms with Gasteiger partial charge in [0.25, 0.3) is 10.0 Å². The number of imidazole rings is 1. The maximum atomic E-state index is 12.9. The summed E-state index contributed by atoms with van der Waals surface area (Å²) in [4.78, 5) is 11.6. The molecule has 10 heteroatoms. The Labute approximate surface area is 189 Å². The Balaban J connectivity index is 1.36. The van der Waals surface area contributed by atoms with Crippen LogP contribution < -0.4 is 0 Å². The van der Waals surface area contributed by atoms with Gasteiger partial charge in [0.2, 0.25) is 0 Å². The Bertz CT molecular complexity index is 1310. The summed E-state index contributed by atoms with van der Waals surface area (Å²) in [5.74, 6) is 0.890. The van der Waals surface area contributed by atoms with Crippen LogP contribution in [0.2, 0.25) is 4.34 Å². The molecule has 1 saturated heterocycles. The highest BCUT2D eigenvalue weighted by Gasteiger charge is 2.30. The van der Waals surface area contributed by atoms with Crippen LogP contribution in [-0.4, -0.2) is 58.3 Å². The van der Waals surface area contributed by atoms with Crippen molar-refractivity contribution in [1.82, 2.24) is 23.7 Å². The molecule has 1 aliphatic heterocycles. The molecule has 7 nitrogen and oxygen atoms in total. The highest BCUT2D eigenvalue weighted by Crippen LogP contribution is 2.29. The molecule has 160 valence electrons. The summed E-state index contributed by atoms with van der Waals surface area (Å²) in [5.41, 5.74) is 2.67. The number of hydrogen-bond acceptors (Lipinski definition) is 6. The Kier molecular flexibility index (Phi) is 5.53. The van der Waals surface area contributed by atoms with E-state index in [1.54, 1.807) is 18.3 Å². The van der Waals surface area contributed by atoms with Crippen molar-refractivity contribution in [3.63, 3.8) is 0 Å². The number of thiophene rings is 1. The number of para-hydroxylation sites is 1. The number of rotatable bonds is 5. The summed E-state index contributed by atoms with van der Waals surface area (Å²) in [6.45, 7) is 2.74. The molecule has 4 heterocycles. The fraction of sp³-hybridized carbons (Fsp3) is 0.238. The molecule has 0 bridgehead atoms. The number of piperazine rings is 1. The number of pyridine rings is 1. The van der Waals surface area contributed by atoms with Crippen molar-refractivity contribution >= 4 is 44.1 Å².